The molecule has 5 nitrogen and oxygen atoms in total. The Morgan fingerprint density at radius 2 is 2.08 bits per heavy atom. The summed E-state index contributed by atoms with van der Waals surface area (Å²) < 4.78 is 13.7. The summed E-state index contributed by atoms with van der Waals surface area (Å²) in [4.78, 5) is 28.6. The first-order valence-electron chi connectivity index (χ1n) is 7.96. The van der Waals surface area contributed by atoms with Gasteiger partial charge in [-0.05, 0) is 30.2 Å². The minimum Gasteiger partial charge on any atom is -0.349 e. The predicted octanol–water partition coefficient (Wildman–Crippen LogP) is 1.68. The van der Waals surface area contributed by atoms with Crippen LogP contribution in [0.25, 0.3) is 0 Å². The molecule has 25 heavy (non-hydrogen) atoms. The Labute approximate surface area is 149 Å². The van der Waals surface area contributed by atoms with Crippen molar-refractivity contribution in [3.05, 3.63) is 65.7 Å². The van der Waals surface area contributed by atoms with Gasteiger partial charge in [-0.2, -0.15) is 0 Å². The molecule has 0 bridgehead atoms. The Balaban J connectivity index is 1.52. The summed E-state index contributed by atoms with van der Waals surface area (Å²) in [5.74, 6) is -0.335. The van der Waals surface area contributed by atoms with Crippen LogP contribution >= 0.6 is 11.8 Å². The third-order valence-electron chi connectivity index (χ3n) is 3.92. The Morgan fingerprint density at radius 1 is 1.28 bits per heavy atom. The molecule has 1 fully saturated rings. The SMILES string of the molecule is O=C(NCc1ccccn1)[C@@H]1CS[C@H](Cc2ccccc2F)C(=O)N1. The number of rotatable bonds is 5. The average Bonchev–Trinajstić information content (AvgIpc) is 2.64. The molecule has 130 valence electrons. The van der Waals surface area contributed by atoms with E-state index < -0.39 is 11.3 Å². The topological polar surface area (TPSA) is 71.1 Å². The van der Waals surface area contributed by atoms with Crippen LogP contribution in [0.2, 0.25) is 0 Å². The summed E-state index contributed by atoms with van der Waals surface area (Å²) in [5.41, 5.74) is 1.26. The quantitative estimate of drug-likeness (QED) is 0.852. The van der Waals surface area contributed by atoms with Crippen molar-refractivity contribution in [3.63, 3.8) is 0 Å². The maximum Gasteiger partial charge on any atom is 0.243 e. The lowest BCUT2D eigenvalue weighted by Crippen LogP contribution is -2.54. The minimum atomic E-state index is -0.585. The van der Waals surface area contributed by atoms with Crippen molar-refractivity contribution in [1.82, 2.24) is 15.6 Å². The zero-order chi connectivity index (χ0) is 17.6. The lowest BCUT2D eigenvalue weighted by Gasteiger charge is -2.28. The molecule has 2 atom stereocenters. The Kier molecular flexibility index (Phi) is 5.65. The van der Waals surface area contributed by atoms with Crippen molar-refractivity contribution >= 4 is 23.6 Å². The number of hydrogen-bond donors (Lipinski definition) is 2. The molecule has 2 amide bonds. The van der Waals surface area contributed by atoms with Gasteiger partial charge in [-0.25, -0.2) is 4.39 Å². The van der Waals surface area contributed by atoms with E-state index in [0.717, 1.165) is 5.69 Å². The molecule has 2 N–H and O–H groups in total. The fourth-order valence-electron chi connectivity index (χ4n) is 2.55. The molecule has 2 heterocycles. The number of pyridine rings is 1. The maximum atomic E-state index is 13.7. The predicted molar refractivity (Wildman–Crippen MR) is 94.4 cm³/mol. The van der Waals surface area contributed by atoms with Gasteiger partial charge in [0.25, 0.3) is 0 Å². The van der Waals surface area contributed by atoms with Crippen LogP contribution in [0.1, 0.15) is 11.3 Å². The van der Waals surface area contributed by atoms with Gasteiger partial charge in [0.2, 0.25) is 11.8 Å². The lowest BCUT2D eigenvalue weighted by molar-refractivity contribution is -0.128. The van der Waals surface area contributed by atoms with Crippen molar-refractivity contribution in [2.24, 2.45) is 0 Å². The third-order valence-corrected chi connectivity index (χ3v) is 5.23. The second kappa shape index (κ2) is 8.11. The van der Waals surface area contributed by atoms with E-state index in [1.807, 2.05) is 12.1 Å². The molecule has 0 radical (unpaired) electrons. The van der Waals surface area contributed by atoms with Gasteiger partial charge in [-0.1, -0.05) is 24.3 Å². The molecule has 1 aliphatic heterocycles. The number of aromatic nitrogens is 1. The van der Waals surface area contributed by atoms with E-state index in [1.165, 1.54) is 17.8 Å². The van der Waals surface area contributed by atoms with Gasteiger partial charge in [-0.3, -0.25) is 14.6 Å². The van der Waals surface area contributed by atoms with Crippen LogP contribution in [0, 0.1) is 5.82 Å². The summed E-state index contributed by atoms with van der Waals surface area (Å²) in [6.45, 7) is 0.315. The van der Waals surface area contributed by atoms with Crippen molar-refractivity contribution in [2.45, 2.75) is 24.3 Å². The molecular formula is C18H18FN3O2S. The number of thioether (sulfide) groups is 1. The highest BCUT2D eigenvalue weighted by Gasteiger charge is 2.32. The maximum absolute atomic E-state index is 13.7. The number of halogens is 1. The molecular weight excluding hydrogens is 341 g/mol. The first kappa shape index (κ1) is 17.4. The van der Waals surface area contributed by atoms with E-state index in [0.29, 0.717) is 24.3 Å². The summed E-state index contributed by atoms with van der Waals surface area (Å²) in [6.07, 6.45) is 1.97. The van der Waals surface area contributed by atoms with Crippen LogP contribution in [0.15, 0.2) is 48.7 Å². The Morgan fingerprint density at radius 3 is 2.80 bits per heavy atom. The number of carbonyl (C=O) groups excluding carboxylic acids is 2. The van der Waals surface area contributed by atoms with Crippen molar-refractivity contribution in [2.75, 3.05) is 5.75 Å². The molecule has 1 aliphatic rings. The summed E-state index contributed by atoms with van der Waals surface area (Å²) in [5, 5.41) is 5.11. The highest BCUT2D eigenvalue weighted by molar-refractivity contribution is 8.00. The van der Waals surface area contributed by atoms with Crippen molar-refractivity contribution in [3.8, 4) is 0 Å². The second-order valence-electron chi connectivity index (χ2n) is 5.72. The van der Waals surface area contributed by atoms with Gasteiger partial charge < -0.3 is 10.6 Å². The molecule has 0 aliphatic carbocycles. The summed E-state index contributed by atoms with van der Waals surface area (Å²) in [7, 11) is 0. The molecule has 7 heteroatoms. The van der Waals surface area contributed by atoms with Gasteiger partial charge in [0.05, 0.1) is 17.5 Å². The van der Waals surface area contributed by atoms with Crippen LogP contribution in [0.3, 0.4) is 0 Å². The first-order chi connectivity index (χ1) is 12.1. The smallest absolute Gasteiger partial charge is 0.243 e. The molecule has 1 aromatic heterocycles. The van der Waals surface area contributed by atoms with Crippen LogP contribution in [-0.2, 0) is 22.6 Å². The number of nitrogens with zero attached hydrogens (tertiary/aromatic N) is 1. The standard InChI is InChI=1S/C18H18FN3O2S/c19-14-7-2-1-5-12(14)9-16-18(24)22-15(11-25-16)17(23)21-10-13-6-3-4-8-20-13/h1-8,15-16H,9-11H2,(H,21,23)(H,22,24)/t15-,16+/m0/s1. The van der Waals surface area contributed by atoms with E-state index in [4.69, 9.17) is 0 Å². The molecule has 0 unspecified atom stereocenters. The van der Waals surface area contributed by atoms with Crippen molar-refractivity contribution < 1.29 is 14.0 Å². The van der Waals surface area contributed by atoms with E-state index in [9.17, 15) is 14.0 Å². The van der Waals surface area contributed by atoms with Crippen LogP contribution < -0.4 is 10.6 Å². The lowest BCUT2D eigenvalue weighted by atomic mass is 10.1. The zero-order valence-electron chi connectivity index (χ0n) is 13.4. The molecule has 0 spiro atoms. The molecule has 0 saturated carbocycles. The number of benzene rings is 1. The second-order valence-corrected chi connectivity index (χ2v) is 6.95. The molecule has 2 aromatic rings. The zero-order valence-corrected chi connectivity index (χ0v) is 14.3. The molecule has 1 saturated heterocycles. The number of amides is 2. The van der Waals surface area contributed by atoms with Crippen LogP contribution in [0.4, 0.5) is 4.39 Å². The summed E-state index contributed by atoms with van der Waals surface area (Å²) >= 11 is 1.38. The van der Waals surface area contributed by atoms with Crippen molar-refractivity contribution in [1.29, 1.82) is 0 Å². The summed E-state index contributed by atoms with van der Waals surface area (Å²) in [6, 6.07) is 11.3. The molecule has 3 rings (SSSR count). The Bertz CT molecular complexity index is 757. The number of carbonyl (C=O) groups is 2. The monoisotopic (exact) mass is 359 g/mol. The highest BCUT2D eigenvalue weighted by atomic mass is 32.2. The van der Waals surface area contributed by atoms with E-state index in [2.05, 4.69) is 15.6 Å². The van der Waals surface area contributed by atoms with Gasteiger partial charge >= 0.3 is 0 Å². The van der Waals surface area contributed by atoms with E-state index in [-0.39, 0.29) is 17.6 Å². The van der Waals surface area contributed by atoms with Gasteiger partial charge in [0.1, 0.15) is 11.9 Å². The number of hydrogen-bond acceptors (Lipinski definition) is 4. The first-order valence-corrected chi connectivity index (χ1v) is 9.01. The Hall–Kier alpha value is -2.41. The number of nitrogens with one attached hydrogen (secondary N) is 2. The van der Waals surface area contributed by atoms with E-state index in [1.54, 1.807) is 30.5 Å². The average molecular weight is 359 g/mol. The fraction of sp³-hybridized carbons (Fsp3) is 0.278. The normalized spacial score (nSPS) is 20.0. The molecule has 1 aromatic carbocycles. The largest absolute Gasteiger partial charge is 0.349 e. The van der Waals surface area contributed by atoms with Gasteiger partial charge in [0, 0.05) is 11.9 Å². The highest BCUT2D eigenvalue weighted by Crippen LogP contribution is 2.23. The minimum absolute atomic E-state index is 0.238. The van der Waals surface area contributed by atoms with Crippen LogP contribution in [-0.4, -0.2) is 33.8 Å². The van der Waals surface area contributed by atoms with Gasteiger partial charge in [0.15, 0.2) is 0 Å². The third kappa shape index (κ3) is 4.57. The van der Waals surface area contributed by atoms with Gasteiger partial charge in [-0.15, -0.1) is 11.8 Å². The van der Waals surface area contributed by atoms with E-state index >= 15 is 0 Å². The fourth-order valence-corrected chi connectivity index (χ4v) is 3.73. The van der Waals surface area contributed by atoms with Crippen LogP contribution in [0.5, 0.6) is 0 Å².